The standard InChI is InChI=1S/C17H18O2/c18-15-11-16(13-7-3-1-4-8-13)19-17(12-15)14-9-5-2-6-10-14/h1-10,15-18H,11-12H2. The van der Waals surface area contributed by atoms with Crippen LogP contribution in [0.4, 0.5) is 0 Å². The second-order valence-corrected chi connectivity index (χ2v) is 5.06. The Bertz CT molecular complexity index is 462. The summed E-state index contributed by atoms with van der Waals surface area (Å²) in [5.74, 6) is 0. The van der Waals surface area contributed by atoms with Crippen molar-refractivity contribution < 1.29 is 9.84 Å². The van der Waals surface area contributed by atoms with Crippen molar-refractivity contribution in [3.8, 4) is 0 Å². The third-order valence-corrected chi connectivity index (χ3v) is 3.64. The SMILES string of the molecule is OC1CC(c2ccccc2)OC(c2ccccc2)C1. The monoisotopic (exact) mass is 254 g/mol. The minimum Gasteiger partial charge on any atom is -0.393 e. The maximum absolute atomic E-state index is 10.1. The van der Waals surface area contributed by atoms with Gasteiger partial charge in [0.1, 0.15) is 0 Å². The van der Waals surface area contributed by atoms with Crippen LogP contribution in [0.25, 0.3) is 0 Å². The summed E-state index contributed by atoms with van der Waals surface area (Å²) < 4.78 is 6.17. The molecule has 1 heterocycles. The maximum atomic E-state index is 10.1. The van der Waals surface area contributed by atoms with Crippen LogP contribution < -0.4 is 0 Å². The lowest BCUT2D eigenvalue weighted by molar-refractivity contribution is -0.0998. The van der Waals surface area contributed by atoms with Crippen LogP contribution in [0, 0.1) is 0 Å². The van der Waals surface area contributed by atoms with Crippen molar-refractivity contribution in [3.63, 3.8) is 0 Å². The highest BCUT2D eigenvalue weighted by atomic mass is 16.5. The van der Waals surface area contributed by atoms with Gasteiger partial charge in [0.25, 0.3) is 0 Å². The number of ether oxygens (including phenoxy) is 1. The lowest BCUT2D eigenvalue weighted by atomic mass is 9.93. The van der Waals surface area contributed by atoms with Crippen LogP contribution in [-0.4, -0.2) is 11.2 Å². The van der Waals surface area contributed by atoms with E-state index in [0.717, 1.165) is 11.1 Å². The van der Waals surface area contributed by atoms with Gasteiger partial charge in [0.2, 0.25) is 0 Å². The van der Waals surface area contributed by atoms with Gasteiger partial charge >= 0.3 is 0 Å². The van der Waals surface area contributed by atoms with Crippen molar-refractivity contribution in [1.29, 1.82) is 0 Å². The smallest absolute Gasteiger partial charge is 0.0858 e. The van der Waals surface area contributed by atoms with Crippen LogP contribution in [0.15, 0.2) is 60.7 Å². The zero-order chi connectivity index (χ0) is 13.1. The third kappa shape index (κ3) is 2.86. The Labute approximate surface area is 113 Å². The lowest BCUT2D eigenvalue weighted by Crippen LogP contribution is -2.26. The average Bonchev–Trinajstić information content (AvgIpc) is 2.48. The molecule has 19 heavy (non-hydrogen) atoms. The van der Waals surface area contributed by atoms with Crippen molar-refractivity contribution in [2.75, 3.05) is 0 Å². The van der Waals surface area contributed by atoms with Gasteiger partial charge in [-0.3, -0.25) is 0 Å². The van der Waals surface area contributed by atoms with Crippen LogP contribution in [0.1, 0.15) is 36.2 Å². The predicted molar refractivity (Wildman–Crippen MR) is 74.7 cm³/mol. The zero-order valence-electron chi connectivity index (χ0n) is 10.8. The molecule has 1 aliphatic heterocycles. The molecule has 0 saturated carbocycles. The largest absolute Gasteiger partial charge is 0.393 e. The Morgan fingerprint density at radius 2 is 1.16 bits per heavy atom. The molecule has 3 rings (SSSR count). The summed E-state index contributed by atoms with van der Waals surface area (Å²) in [6, 6.07) is 20.3. The van der Waals surface area contributed by atoms with Gasteiger partial charge in [0.05, 0.1) is 18.3 Å². The van der Waals surface area contributed by atoms with E-state index >= 15 is 0 Å². The molecule has 0 amide bonds. The molecule has 0 bridgehead atoms. The van der Waals surface area contributed by atoms with E-state index in [9.17, 15) is 5.11 Å². The number of aliphatic hydroxyl groups is 1. The van der Waals surface area contributed by atoms with Crippen molar-refractivity contribution in [3.05, 3.63) is 71.8 Å². The summed E-state index contributed by atoms with van der Waals surface area (Å²) in [7, 11) is 0. The number of hydrogen-bond donors (Lipinski definition) is 1. The molecule has 0 radical (unpaired) electrons. The van der Waals surface area contributed by atoms with Crippen LogP contribution >= 0.6 is 0 Å². The van der Waals surface area contributed by atoms with Gasteiger partial charge in [-0.2, -0.15) is 0 Å². The van der Waals surface area contributed by atoms with Gasteiger partial charge in [-0.15, -0.1) is 0 Å². The first-order chi connectivity index (χ1) is 9.33. The Balaban J connectivity index is 1.82. The minimum absolute atomic E-state index is 0.0184. The van der Waals surface area contributed by atoms with Crippen molar-refractivity contribution in [2.45, 2.75) is 31.2 Å². The van der Waals surface area contributed by atoms with Gasteiger partial charge in [-0.1, -0.05) is 60.7 Å². The van der Waals surface area contributed by atoms with Crippen LogP contribution in [-0.2, 0) is 4.74 Å². The van der Waals surface area contributed by atoms with Crippen molar-refractivity contribution >= 4 is 0 Å². The summed E-state index contributed by atoms with van der Waals surface area (Å²) in [5, 5.41) is 10.1. The first-order valence-electron chi connectivity index (χ1n) is 6.76. The number of benzene rings is 2. The highest BCUT2D eigenvalue weighted by Gasteiger charge is 2.29. The fourth-order valence-electron chi connectivity index (χ4n) is 2.66. The Morgan fingerprint density at radius 1 is 0.737 bits per heavy atom. The summed E-state index contributed by atoms with van der Waals surface area (Å²) in [5.41, 5.74) is 2.28. The molecule has 0 aromatic heterocycles. The molecule has 98 valence electrons. The molecule has 2 aromatic rings. The average molecular weight is 254 g/mol. The van der Waals surface area contributed by atoms with Gasteiger partial charge < -0.3 is 9.84 Å². The van der Waals surface area contributed by atoms with Gasteiger partial charge in [-0.05, 0) is 11.1 Å². The van der Waals surface area contributed by atoms with Gasteiger partial charge in [-0.25, -0.2) is 0 Å². The van der Waals surface area contributed by atoms with E-state index in [1.54, 1.807) is 0 Å². The molecule has 2 aromatic carbocycles. The van der Waals surface area contributed by atoms with Crippen LogP contribution in [0.3, 0.4) is 0 Å². The van der Waals surface area contributed by atoms with E-state index in [1.165, 1.54) is 0 Å². The molecule has 2 nitrogen and oxygen atoms in total. The topological polar surface area (TPSA) is 29.5 Å². The summed E-state index contributed by atoms with van der Waals surface area (Å²) >= 11 is 0. The molecule has 2 unspecified atom stereocenters. The molecular weight excluding hydrogens is 236 g/mol. The van der Waals surface area contributed by atoms with E-state index in [4.69, 9.17) is 4.74 Å². The molecule has 1 N–H and O–H groups in total. The van der Waals surface area contributed by atoms with E-state index in [1.807, 2.05) is 36.4 Å². The molecule has 2 atom stereocenters. The molecule has 1 saturated heterocycles. The van der Waals surface area contributed by atoms with Crippen molar-refractivity contribution in [2.24, 2.45) is 0 Å². The fraction of sp³-hybridized carbons (Fsp3) is 0.294. The minimum atomic E-state index is -0.302. The van der Waals surface area contributed by atoms with E-state index in [-0.39, 0.29) is 18.3 Å². The normalized spacial score (nSPS) is 27.1. The number of rotatable bonds is 2. The first-order valence-corrected chi connectivity index (χ1v) is 6.76. The molecule has 0 aliphatic carbocycles. The summed E-state index contributed by atoms with van der Waals surface area (Å²) in [4.78, 5) is 0. The van der Waals surface area contributed by atoms with Gasteiger partial charge in [0.15, 0.2) is 0 Å². The quantitative estimate of drug-likeness (QED) is 0.886. The summed E-state index contributed by atoms with van der Waals surface area (Å²) in [6.45, 7) is 0. The second-order valence-electron chi connectivity index (χ2n) is 5.06. The molecular formula is C17H18O2. The molecule has 1 fully saturated rings. The highest BCUT2D eigenvalue weighted by Crippen LogP contribution is 2.38. The highest BCUT2D eigenvalue weighted by molar-refractivity contribution is 5.21. The van der Waals surface area contributed by atoms with E-state index in [0.29, 0.717) is 12.8 Å². The maximum Gasteiger partial charge on any atom is 0.0858 e. The van der Waals surface area contributed by atoms with E-state index in [2.05, 4.69) is 24.3 Å². The number of aliphatic hydroxyl groups excluding tert-OH is 1. The fourth-order valence-corrected chi connectivity index (χ4v) is 2.66. The number of hydrogen-bond acceptors (Lipinski definition) is 2. The third-order valence-electron chi connectivity index (χ3n) is 3.64. The Morgan fingerprint density at radius 3 is 1.58 bits per heavy atom. The summed E-state index contributed by atoms with van der Waals surface area (Å²) in [6.07, 6.45) is 1.01. The lowest BCUT2D eigenvalue weighted by Gasteiger charge is -2.33. The first kappa shape index (κ1) is 12.4. The zero-order valence-corrected chi connectivity index (χ0v) is 10.8. The van der Waals surface area contributed by atoms with Crippen LogP contribution in [0.2, 0.25) is 0 Å². The Kier molecular flexibility index (Phi) is 3.62. The Hall–Kier alpha value is -1.64. The van der Waals surface area contributed by atoms with Crippen molar-refractivity contribution in [1.82, 2.24) is 0 Å². The predicted octanol–water partition coefficient (Wildman–Crippen LogP) is 3.64. The van der Waals surface area contributed by atoms with Crippen LogP contribution in [0.5, 0.6) is 0 Å². The second kappa shape index (κ2) is 5.55. The van der Waals surface area contributed by atoms with Gasteiger partial charge in [0, 0.05) is 12.8 Å². The molecule has 0 spiro atoms. The molecule has 2 heteroatoms. The van der Waals surface area contributed by atoms with E-state index < -0.39 is 0 Å². The molecule has 1 aliphatic rings.